The molecule has 0 amide bonds. The molecule has 19 heavy (non-hydrogen) atoms. The van der Waals surface area contributed by atoms with Crippen LogP contribution in [0.25, 0.3) is 11.0 Å². The maximum absolute atomic E-state index is 12.3. The maximum atomic E-state index is 12.3. The summed E-state index contributed by atoms with van der Waals surface area (Å²) in [7, 11) is 0. The van der Waals surface area contributed by atoms with Crippen molar-refractivity contribution in [2.24, 2.45) is 0 Å². The molecule has 2 aromatic heterocycles. The van der Waals surface area contributed by atoms with Crippen LogP contribution in [-0.4, -0.2) is 5.78 Å². The first-order chi connectivity index (χ1) is 9.18. The number of anilines is 1. The lowest BCUT2D eigenvalue weighted by atomic mass is 10.0. The van der Waals surface area contributed by atoms with Crippen LogP contribution in [0, 0.1) is 0 Å². The van der Waals surface area contributed by atoms with Gasteiger partial charge in [-0.3, -0.25) is 4.79 Å². The Morgan fingerprint density at radius 3 is 2.74 bits per heavy atom. The minimum atomic E-state index is -0.701. The number of benzene rings is 1. The van der Waals surface area contributed by atoms with Gasteiger partial charge in [0.15, 0.2) is 0 Å². The smallest absolute Gasteiger partial charge is 0.349 e. The van der Waals surface area contributed by atoms with Crippen LogP contribution in [-0.2, 0) is 0 Å². The summed E-state index contributed by atoms with van der Waals surface area (Å²) in [5.41, 5.74) is 6.14. The van der Waals surface area contributed by atoms with Gasteiger partial charge < -0.3 is 10.2 Å². The molecule has 0 aliphatic carbocycles. The second kappa shape index (κ2) is 4.37. The molecule has 1 aromatic carbocycles. The summed E-state index contributed by atoms with van der Waals surface area (Å²) >= 11 is 1.38. The Labute approximate surface area is 112 Å². The number of fused-ring (bicyclic) bond motifs is 1. The fraction of sp³-hybridized carbons (Fsp3) is 0. The van der Waals surface area contributed by atoms with Gasteiger partial charge in [-0.2, -0.15) is 11.3 Å². The van der Waals surface area contributed by atoms with Crippen molar-refractivity contribution in [3.05, 3.63) is 62.6 Å². The summed E-state index contributed by atoms with van der Waals surface area (Å²) in [6, 6.07) is 8.54. The highest BCUT2D eigenvalue weighted by atomic mass is 32.1. The molecule has 0 atom stereocenters. The van der Waals surface area contributed by atoms with Gasteiger partial charge in [0, 0.05) is 16.3 Å². The highest BCUT2D eigenvalue weighted by Crippen LogP contribution is 2.24. The molecule has 2 heterocycles. The lowest BCUT2D eigenvalue weighted by molar-refractivity contribution is 0.103. The number of nitrogens with two attached hydrogens (primary N) is 1. The molecule has 4 nitrogen and oxygen atoms in total. The van der Waals surface area contributed by atoms with Gasteiger partial charge in [0.1, 0.15) is 11.1 Å². The first-order valence-electron chi connectivity index (χ1n) is 5.56. The molecule has 0 aliphatic rings. The molecule has 0 spiro atoms. The Kier molecular flexibility index (Phi) is 2.68. The van der Waals surface area contributed by atoms with Crippen LogP contribution in [0.2, 0.25) is 0 Å². The second-order valence-electron chi connectivity index (χ2n) is 4.02. The van der Waals surface area contributed by atoms with Crippen molar-refractivity contribution in [2.75, 3.05) is 5.73 Å². The first kappa shape index (κ1) is 11.7. The SMILES string of the molecule is Nc1c(C(=O)c2ccsc2)c(=O)oc2ccccc12. The van der Waals surface area contributed by atoms with Gasteiger partial charge in [-0.1, -0.05) is 12.1 Å². The molecule has 5 heteroatoms. The van der Waals surface area contributed by atoms with E-state index in [4.69, 9.17) is 10.2 Å². The van der Waals surface area contributed by atoms with Crippen molar-refractivity contribution in [3.8, 4) is 0 Å². The number of rotatable bonds is 2. The van der Waals surface area contributed by atoms with E-state index >= 15 is 0 Å². The van der Waals surface area contributed by atoms with Crippen molar-refractivity contribution in [3.63, 3.8) is 0 Å². The summed E-state index contributed by atoms with van der Waals surface area (Å²) in [5.74, 6) is -0.404. The Hall–Kier alpha value is -2.40. The van der Waals surface area contributed by atoms with Crippen LogP contribution < -0.4 is 11.4 Å². The molecule has 3 rings (SSSR count). The third-order valence-corrected chi connectivity index (χ3v) is 3.55. The van der Waals surface area contributed by atoms with Crippen LogP contribution in [0.1, 0.15) is 15.9 Å². The quantitative estimate of drug-likeness (QED) is 0.574. The maximum Gasteiger partial charge on any atom is 0.349 e. The van der Waals surface area contributed by atoms with Crippen LogP contribution in [0.4, 0.5) is 5.69 Å². The van der Waals surface area contributed by atoms with Gasteiger partial charge >= 0.3 is 5.63 Å². The molecule has 0 saturated heterocycles. The Morgan fingerprint density at radius 1 is 1.21 bits per heavy atom. The van der Waals surface area contributed by atoms with Crippen molar-refractivity contribution < 1.29 is 9.21 Å². The molecule has 3 aromatic rings. The van der Waals surface area contributed by atoms with E-state index < -0.39 is 11.4 Å². The average molecular weight is 271 g/mol. The number of ketones is 1. The van der Waals surface area contributed by atoms with E-state index in [9.17, 15) is 9.59 Å². The molecule has 0 aliphatic heterocycles. The van der Waals surface area contributed by atoms with Gasteiger partial charge in [-0.25, -0.2) is 4.79 Å². The molecular formula is C14H9NO3S. The minimum Gasteiger partial charge on any atom is -0.422 e. The highest BCUT2D eigenvalue weighted by molar-refractivity contribution is 7.08. The molecule has 2 N–H and O–H groups in total. The number of hydrogen-bond acceptors (Lipinski definition) is 5. The predicted molar refractivity (Wildman–Crippen MR) is 74.6 cm³/mol. The first-order valence-corrected chi connectivity index (χ1v) is 6.51. The number of para-hydroxylation sites is 1. The Morgan fingerprint density at radius 2 is 2.00 bits per heavy atom. The van der Waals surface area contributed by atoms with Gasteiger partial charge in [0.25, 0.3) is 0 Å². The van der Waals surface area contributed by atoms with Crippen molar-refractivity contribution in [1.82, 2.24) is 0 Å². The van der Waals surface area contributed by atoms with E-state index in [0.29, 0.717) is 16.5 Å². The molecule has 0 fully saturated rings. The molecule has 0 unspecified atom stereocenters. The largest absolute Gasteiger partial charge is 0.422 e. The summed E-state index contributed by atoms with van der Waals surface area (Å²) in [6.45, 7) is 0. The van der Waals surface area contributed by atoms with E-state index in [0.717, 1.165) is 0 Å². The number of thiophene rings is 1. The average Bonchev–Trinajstić information content (AvgIpc) is 2.92. The third kappa shape index (κ3) is 1.84. The van der Waals surface area contributed by atoms with Crippen molar-refractivity contribution >= 4 is 33.8 Å². The van der Waals surface area contributed by atoms with Gasteiger partial charge in [-0.15, -0.1) is 0 Å². The fourth-order valence-electron chi connectivity index (χ4n) is 1.93. The van der Waals surface area contributed by atoms with E-state index in [1.165, 1.54) is 11.3 Å². The zero-order valence-electron chi connectivity index (χ0n) is 9.75. The molecule has 0 bridgehead atoms. The molecule has 94 valence electrons. The van der Waals surface area contributed by atoms with Gasteiger partial charge in [-0.05, 0) is 23.6 Å². The standard InChI is InChI=1S/C14H9NO3S/c15-12-9-3-1-2-4-10(9)18-14(17)11(12)13(16)8-5-6-19-7-8/h1-7H,15H2. The van der Waals surface area contributed by atoms with Gasteiger partial charge in [0.05, 0.1) is 5.69 Å². The summed E-state index contributed by atoms with van der Waals surface area (Å²) in [4.78, 5) is 24.2. The number of carbonyl (C=O) groups excluding carboxylic acids is 1. The number of hydrogen-bond donors (Lipinski definition) is 1. The lowest BCUT2D eigenvalue weighted by Crippen LogP contribution is -2.17. The van der Waals surface area contributed by atoms with E-state index in [2.05, 4.69) is 0 Å². The Bertz CT molecular complexity index is 818. The van der Waals surface area contributed by atoms with Crippen molar-refractivity contribution in [1.29, 1.82) is 0 Å². The third-order valence-electron chi connectivity index (χ3n) is 2.86. The van der Waals surface area contributed by atoms with Crippen LogP contribution in [0.5, 0.6) is 0 Å². The summed E-state index contributed by atoms with van der Waals surface area (Å²) in [5, 5.41) is 4.02. The monoisotopic (exact) mass is 271 g/mol. The van der Waals surface area contributed by atoms with Crippen molar-refractivity contribution in [2.45, 2.75) is 0 Å². The second-order valence-corrected chi connectivity index (χ2v) is 4.80. The number of nitrogen functional groups attached to an aromatic ring is 1. The van der Waals surface area contributed by atoms with Crippen LogP contribution >= 0.6 is 11.3 Å². The molecule has 0 radical (unpaired) electrons. The van der Waals surface area contributed by atoms with E-state index in [1.54, 1.807) is 41.1 Å². The highest BCUT2D eigenvalue weighted by Gasteiger charge is 2.20. The zero-order valence-corrected chi connectivity index (χ0v) is 10.6. The summed E-state index contributed by atoms with van der Waals surface area (Å²) < 4.78 is 5.14. The summed E-state index contributed by atoms with van der Waals surface area (Å²) in [6.07, 6.45) is 0. The van der Waals surface area contributed by atoms with E-state index in [-0.39, 0.29) is 11.3 Å². The predicted octanol–water partition coefficient (Wildman–Crippen LogP) is 2.67. The fourth-order valence-corrected chi connectivity index (χ4v) is 2.56. The lowest BCUT2D eigenvalue weighted by Gasteiger charge is -2.05. The van der Waals surface area contributed by atoms with Gasteiger partial charge in [0.2, 0.25) is 5.78 Å². The Balaban J connectivity index is 2.30. The minimum absolute atomic E-state index is 0.0999. The van der Waals surface area contributed by atoms with Crippen LogP contribution in [0.3, 0.4) is 0 Å². The topological polar surface area (TPSA) is 73.3 Å². The van der Waals surface area contributed by atoms with Crippen LogP contribution in [0.15, 0.2) is 50.3 Å². The molecular weight excluding hydrogens is 262 g/mol. The number of carbonyl (C=O) groups is 1. The molecule has 0 saturated carbocycles. The zero-order chi connectivity index (χ0) is 13.4. The van der Waals surface area contributed by atoms with E-state index in [1.807, 2.05) is 0 Å². The normalized spacial score (nSPS) is 10.7.